The summed E-state index contributed by atoms with van der Waals surface area (Å²) in [5, 5.41) is 28.9. The Labute approximate surface area is 125 Å². The van der Waals surface area contributed by atoms with Crippen LogP contribution in [0.25, 0.3) is 0 Å². The van der Waals surface area contributed by atoms with Crippen LogP contribution in [0.1, 0.15) is 10.4 Å². The number of nitrogens with zero attached hydrogens (tertiary/aromatic N) is 3. The van der Waals surface area contributed by atoms with Gasteiger partial charge in [-0.25, -0.2) is 9.18 Å². The van der Waals surface area contributed by atoms with E-state index in [9.17, 15) is 9.18 Å². The van der Waals surface area contributed by atoms with E-state index in [2.05, 4.69) is 10.1 Å². The molecule has 1 aromatic rings. The molecule has 0 aliphatic carbocycles. The minimum absolute atomic E-state index is 0.0950. The van der Waals surface area contributed by atoms with Gasteiger partial charge in [-0.1, -0.05) is 0 Å². The molecule has 8 heteroatoms. The van der Waals surface area contributed by atoms with Gasteiger partial charge in [0.05, 0.1) is 25.5 Å². The number of anilines is 1. The highest BCUT2D eigenvalue weighted by Gasteiger charge is 2.18. The van der Waals surface area contributed by atoms with Crippen LogP contribution < -0.4 is 10.1 Å². The fraction of sp³-hybridized carbons (Fsp3) is 0.143. The summed E-state index contributed by atoms with van der Waals surface area (Å²) in [5.74, 6) is -1.95. The van der Waals surface area contributed by atoms with E-state index in [1.807, 2.05) is 0 Å². The lowest BCUT2D eigenvalue weighted by molar-refractivity contribution is 0.0600. The number of allylic oxidation sites excluding steroid dienone is 2. The van der Waals surface area contributed by atoms with Crippen LogP contribution in [0.4, 0.5) is 10.1 Å². The molecule has 0 saturated heterocycles. The zero-order valence-electron chi connectivity index (χ0n) is 11.6. The van der Waals surface area contributed by atoms with Crippen molar-refractivity contribution in [2.24, 2.45) is 0 Å². The average Bonchev–Trinajstić information content (AvgIpc) is 2.53. The molecule has 0 aliphatic rings. The van der Waals surface area contributed by atoms with Gasteiger partial charge in [0, 0.05) is 0 Å². The van der Waals surface area contributed by atoms with E-state index in [0.29, 0.717) is 0 Å². The first kappa shape index (κ1) is 16.5. The van der Waals surface area contributed by atoms with Crippen LogP contribution in [0, 0.1) is 39.8 Å². The van der Waals surface area contributed by atoms with Gasteiger partial charge in [-0.15, -0.1) is 0 Å². The van der Waals surface area contributed by atoms with Crippen LogP contribution in [0.2, 0.25) is 0 Å². The normalized spacial score (nSPS) is 8.73. The minimum atomic E-state index is -0.874. The summed E-state index contributed by atoms with van der Waals surface area (Å²) in [6, 6.07) is 6.76. The molecule has 1 rings (SSSR count). The van der Waals surface area contributed by atoms with Crippen LogP contribution >= 0.6 is 0 Å². The first-order valence-electron chi connectivity index (χ1n) is 5.69. The van der Waals surface area contributed by atoms with Crippen LogP contribution in [0.15, 0.2) is 23.4 Å². The number of ether oxygens (including phenoxy) is 2. The second-order valence-corrected chi connectivity index (χ2v) is 3.74. The van der Waals surface area contributed by atoms with Gasteiger partial charge >= 0.3 is 5.97 Å². The molecule has 0 heterocycles. The maximum absolute atomic E-state index is 13.9. The van der Waals surface area contributed by atoms with E-state index in [0.717, 1.165) is 13.2 Å². The fourth-order valence-corrected chi connectivity index (χ4v) is 1.55. The zero-order chi connectivity index (χ0) is 16.7. The standard InChI is InChI=1S/C14H9FN4O3/c1-21-13-10(15)3-8(14(20)22-2)4-11(13)19-12(7-18)9(5-16)6-17/h3-4,19H,1-2H3. The third kappa shape index (κ3) is 3.30. The van der Waals surface area contributed by atoms with Crippen molar-refractivity contribution < 1.29 is 18.7 Å². The molecular formula is C14H9FN4O3. The predicted octanol–water partition coefficient (Wildman–Crippen LogP) is 1.86. The van der Waals surface area contributed by atoms with E-state index >= 15 is 0 Å². The van der Waals surface area contributed by atoms with Crippen LogP contribution in [-0.4, -0.2) is 20.2 Å². The van der Waals surface area contributed by atoms with Crippen molar-refractivity contribution in [3.8, 4) is 24.0 Å². The summed E-state index contributed by atoms with van der Waals surface area (Å²) < 4.78 is 23.3. The molecule has 0 aromatic heterocycles. The van der Waals surface area contributed by atoms with E-state index in [4.69, 9.17) is 20.5 Å². The Bertz CT molecular complexity index is 750. The van der Waals surface area contributed by atoms with Crippen molar-refractivity contribution >= 4 is 11.7 Å². The third-order valence-electron chi connectivity index (χ3n) is 2.51. The summed E-state index contributed by atoms with van der Waals surface area (Å²) in [7, 11) is 2.31. The molecule has 22 heavy (non-hydrogen) atoms. The Morgan fingerprint density at radius 3 is 2.27 bits per heavy atom. The molecule has 7 nitrogen and oxygen atoms in total. The van der Waals surface area contributed by atoms with Gasteiger partial charge in [0.2, 0.25) is 0 Å². The molecule has 0 saturated carbocycles. The van der Waals surface area contributed by atoms with Gasteiger partial charge in [-0.2, -0.15) is 15.8 Å². The highest BCUT2D eigenvalue weighted by atomic mass is 19.1. The Kier molecular flexibility index (Phi) is 5.45. The van der Waals surface area contributed by atoms with E-state index < -0.39 is 23.1 Å². The number of methoxy groups -OCH3 is 2. The largest absolute Gasteiger partial charge is 0.492 e. The monoisotopic (exact) mass is 300 g/mol. The van der Waals surface area contributed by atoms with E-state index in [1.165, 1.54) is 25.3 Å². The van der Waals surface area contributed by atoms with E-state index in [1.54, 1.807) is 6.07 Å². The number of nitriles is 3. The molecule has 0 amide bonds. The number of hydrogen-bond donors (Lipinski definition) is 1. The smallest absolute Gasteiger partial charge is 0.338 e. The molecule has 1 N–H and O–H groups in total. The van der Waals surface area contributed by atoms with Crippen molar-refractivity contribution in [2.75, 3.05) is 19.5 Å². The quantitative estimate of drug-likeness (QED) is 0.665. The first-order chi connectivity index (χ1) is 10.5. The summed E-state index contributed by atoms with van der Waals surface area (Å²) in [4.78, 5) is 11.5. The maximum Gasteiger partial charge on any atom is 0.338 e. The van der Waals surface area contributed by atoms with Crippen LogP contribution in [-0.2, 0) is 4.74 Å². The average molecular weight is 300 g/mol. The number of esters is 1. The fourth-order valence-electron chi connectivity index (χ4n) is 1.55. The third-order valence-corrected chi connectivity index (χ3v) is 2.51. The van der Waals surface area contributed by atoms with Crippen molar-refractivity contribution in [1.82, 2.24) is 0 Å². The summed E-state index contributed by atoms with van der Waals surface area (Å²) >= 11 is 0. The first-order valence-corrected chi connectivity index (χ1v) is 5.69. The van der Waals surface area contributed by atoms with Gasteiger partial charge < -0.3 is 14.8 Å². The number of rotatable bonds is 4. The van der Waals surface area contributed by atoms with Gasteiger partial charge in [0.1, 0.15) is 23.9 Å². The van der Waals surface area contributed by atoms with Crippen LogP contribution in [0.3, 0.4) is 0 Å². The molecule has 0 aliphatic heterocycles. The molecule has 0 bridgehead atoms. The Balaban J connectivity index is 3.47. The topological polar surface area (TPSA) is 119 Å². The zero-order valence-corrected chi connectivity index (χ0v) is 11.6. The predicted molar refractivity (Wildman–Crippen MR) is 71.8 cm³/mol. The number of nitrogens with one attached hydrogen (secondary N) is 1. The molecule has 0 radical (unpaired) electrons. The summed E-state index contributed by atoms with van der Waals surface area (Å²) in [5.41, 5.74) is -1.11. The molecule has 110 valence electrons. The van der Waals surface area contributed by atoms with Crippen molar-refractivity contribution in [2.45, 2.75) is 0 Å². The summed E-state index contributed by atoms with van der Waals surface area (Å²) in [6.45, 7) is 0. The lowest BCUT2D eigenvalue weighted by atomic mass is 10.1. The number of benzene rings is 1. The molecule has 0 unspecified atom stereocenters. The maximum atomic E-state index is 13.9. The van der Waals surface area contributed by atoms with Crippen molar-refractivity contribution in [1.29, 1.82) is 15.8 Å². The Morgan fingerprint density at radius 1 is 1.18 bits per heavy atom. The van der Waals surface area contributed by atoms with Gasteiger partial charge in [0.25, 0.3) is 0 Å². The van der Waals surface area contributed by atoms with Crippen molar-refractivity contribution in [3.05, 3.63) is 34.8 Å². The molecule has 0 atom stereocenters. The lowest BCUT2D eigenvalue weighted by Gasteiger charge is -2.12. The SMILES string of the molecule is COC(=O)c1cc(F)c(OC)c(NC(C#N)=C(C#N)C#N)c1. The minimum Gasteiger partial charge on any atom is -0.492 e. The highest BCUT2D eigenvalue weighted by molar-refractivity contribution is 5.91. The number of halogens is 1. The van der Waals surface area contributed by atoms with Crippen LogP contribution in [0.5, 0.6) is 5.75 Å². The number of hydrogen-bond acceptors (Lipinski definition) is 7. The highest BCUT2D eigenvalue weighted by Crippen LogP contribution is 2.31. The van der Waals surface area contributed by atoms with Gasteiger partial charge in [-0.05, 0) is 12.1 Å². The van der Waals surface area contributed by atoms with Gasteiger partial charge in [-0.3, -0.25) is 0 Å². The number of carbonyl (C=O) groups excluding carboxylic acids is 1. The molecule has 1 aromatic carbocycles. The lowest BCUT2D eigenvalue weighted by Crippen LogP contribution is -2.07. The Morgan fingerprint density at radius 2 is 1.82 bits per heavy atom. The molecular weight excluding hydrogens is 291 g/mol. The second kappa shape index (κ2) is 7.28. The second-order valence-electron chi connectivity index (χ2n) is 3.74. The van der Waals surface area contributed by atoms with Gasteiger partial charge in [0.15, 0.2) is 17.1 Å². The van der Waals surface area contributed by atoms with Crippen molar-refractivity contribution in [3.63, 3.8) is 0 Å². The summed E-state index contributed by atoms with van der Waals surface area (Å²) in [6.07, 6.45) is 0. The Hall–Kier alpha value is -3.57. The van der Waals surface area contributed by atoms with E-state index in [-0.39, 0.29) is 17.0 Å². The number of carbonyl (C=O) groups is 1. The molecule has 0 fully saturated rings. The molecule has 0 spiro atoms.